The Kier molecular flexibility index (Phi) is 4.36. The molecule has 2 heterocycles. The first-order valence-corrected chi connectivity index (χ1v) is 6.50. The lowest BCUT2D eigenvalue weighted by molar-refractivity contribution is -0.125. The Bertz CT molecular complexity index is 258. The molecule has 0 radical (unpaired) electrons. The lowest BCUT2D eigenvalue weighted by Gasteiger charge is -2.35. The molecule has 1 atom stereocenters. The molecule has 98 valence electrons. The normalized spacial score (nSPS) is 31.1. The van der Waals surface area contributed by atoms with E-state index in [1.165, 1.54) is 0 Å². The van der Waals surface area contributed by atoms with Gasteiger partial charge in [0.2, 0.25) is 5.91 Å². The molecule has 0 spiro atoms. The average molecular weight is 241 g/mol. The Labute approximate surface area is 103 Å². The van der Waals surface area contributed by atoms with Crippen LogP contribution >= 0.6 is 0 Å². The van der Waals surface area contributed by atoms with Crippen molar-refractivity contribution in [3.63, 3.8) is 0 Å². The van der Waals surface area contributed by atoms with Crippen LogP contribution in [-0.2, 0) is 9.53 Å². The van der Waals surface area contributed by atoms with Gasteiger partial charge in [0, 0.05) is 32.8 Å². The van der Waals surface area contributed by atoms with Crippen LogP contribution in [-0.4, -0.2) is 62.3 Å². The van der Waals surface area contributed by atoms with E-state index in [9.17, 15) is 4.79 Å². The van der Waals surface area contributed by atoms with Crippen LogP contribution in [0, 0.1) is 0 Å². The minimum Gasteiger partial charge on any atom is -0.379 e. The second-order valence-corrected chi connectivity index (χ2v) is 5.29. The van der Waals surface area contributed by atoms with E-state index >= 15 is 0 Å². The summed E-state index contributed by atoms with van der Waals surface area (Å²) in [5, 5.41) is 6.40. The topological polar surface area (TPSA) is 53.6 Å². The second kappa shape index (κ2) is 5.80. The predicted octanol–water partition coefficient (Wildman–Crippen LogP) is -0.423. The third-order valence-corrected chi connectivity index (χ3v) is 3.46. The maximum Gasteiger partial charge on any atom is 0.234 e. The van der Waals surface area contributed by atoms with Crippen LogP contribution in [0.4, 0.5) is 0 Å². The SMILES string of the molecule is CC1(NC(=O)CN2CCNCC2)CCCOC1. The summed E-state index contributed by atoms with van der Waals surface area (Å²) in [6.45, 7) is 7.92. The van der Waals surface area contributed by atoms with Crippen LogP contribution in [0.2, 0.25) is 0 Å². The third-order valence-electron chi connectivity index (χ3n) is 3.46. The summed E-state index contributed by atoms with van der Waals surface area (Å²) in [4.78, 5) is 14.1. The summed E-state index contributed by atoms with van der Waals surface area (Å²) in [5.74, 6) is 0.125. The smallest absolute Gasteiger partial charge is 0.234 e. The van der Waals surface area contributed by atoms with Gasteiger partial charge in [0.15, 0.2) is 0 Å². The fraction of sp³-hybridized carbons (Fsp3) is 0.917. The molecule has 0 bridgehead atoms. The van der Waals surface area contributed by atoms with E-state index in [1.54, 1.807) is 0 Å². The van der Waals surface area contributed by atoms with Crippen molar-refractivity contribution in [2.75, 3.05) is 45.9 Å². The van der Waals surface area contributed by atoms with Gasteiger partial charge in [0.05, 0.1) is 18.7 Å². The molecule has 1 unspecified atom stereocenters. The summed E-state index contributed by atoms with van der Waals surface area (Å²) in [5.41, 5.74) is -0.163. The fourth-order valence-corrected chi connectivity index (χ4v) is 2.48. The number of rotatable bonds is 3. The average Bonchev–Trinajstić information content (AvgIpc) is 2.30. The second-order valence-electron chi connectivity index (χ2n) is 5.29. The van der Waals surface area contributed by atoms with Gasteiger partial charge < -0.3 is 15.4 Å². The molecular weight excluding hydrogens is 218 g/mol. The molecular formula is C12H23N3O2. The van der Waals surface area contributed by atoms with E-state index in [2.05, 4.69) is 22.5 Å². The maximum atomic E-state index is 12.0. The first kappa shape index (κ1) is 12.8. The van der Waals surface area contributed by atoms with Crippen LogP contribution in [0.1, 0.15) is 19.8 Å². The molecule has 2 rings (SSSR count). The van der Waals surface area contributed by atoms with E-state index in [1.807, 2.05) is 0 Å². The number of carbonyl (C=O) groups excluding carboxylic acids is 1. The van der Waals surface area contributed by atoms with E-state index in [0.717, 1.165) is 45.6 Å². The van der Waals surface area contributed by atoms with Crippen molar-refractivity contribution in [3.05, 3.63) is 0 Å². The van der Waals surface area contributed by atoms with Gasteiger partial charge in [-0.2, -0.15) is 0 Å². The molecule has 0 aromatic rings. The molecule has 2 aliphatic rings. The molecule has 0 aromatic carbocycles. The molecule has 0 saturated carbocycles. The molecule has 2 fully saturated rings. The first-order valence-electron chi connectivity index (χ1n) is 6.50. The Morgan fingerprint density at radius 2 is 2.24 bits per heavy atom. The van der Waals surface area contributed by atoms with Crippen molar-refractivity contribution >= 4 is 5.91 Å². The summed E-state index contributed by atoms with van der Waals surface area (Å²) in [6.07, 6.45) is 2.05. The molecule has 0 aromatic heterocycles. The van der Waals surface area contributed by atoms with Gasteiger partial charge in [-0.15, -0.1) is 0 Å². The zero-order valence-corrected chi connectivity index (χ0v) is 10.6. The number of hydrogen-bond donors (Lipinski definition) is 2. The van der Waals surface area contributed by atoms with Crippen LogP contribution in [0.25, 0.3) is 0 Å². The molecule has 0 aliphatic carbocycles. The van der Waals surface area contributed by atoms with Crippen molar-refractivity contribution in [2.45, 2.75) is 25.3 Å². The molecule has 5 heteroatoms. The zero-order valence-electron chi connectivity index (χ0n) is 10.6. The Balaban J connectivity index is 1.75. The fourth-order valence-electron chi connectivity index (χ4n) is 2.48. The molecule has 2 N–H and O–H groups in total. The number of carbonyl (C=O) groups is 1. The Hall–Kier alpha value is -0.650. The number of amides is 1. The number of hydrogen-bond acceptors (Lipinski definition) is 4. The van der Waals surface area contributed by atoms with Crippen molar-refractivity contribution < 1.29 is 9.53 Å². The molecule has 17 heavy (non-hydrogen) atoms. The lowest BCUT2D eigenvalue weighted by atomic mass is 9.95. The maximum absolute atomic E-state index is 12.0. The molecule has 1 amide bonds. The van der Waals surface area contributed by atoms with E-state index < -0.39 is 0 Å². The van der Waals surface area contributed by atoms with Crippen LogP contribution < -0.4 is 10.6 Å². The van der Waals surface area contributed by atoms with E-state index in [0.29, 0.717) is 13.2 Å². The van der Waals surface area contributed by atoms with Gasteiger partial charge in [0.25, 0.3) is 0 Å². The lowest BCUT2D eigenvalue weighted by Crippen LogP contribution is -2.55. The van der Waals surface area contributed by atoms with Crippen LogP contribution in [0.3, 0.4) is 0 Å². The third kappa shape index (κ3) is 3.94. The highest BCUT2D eigenvalue weighted by Gasteiger charge is 2.29. The van der Waals surface area contributed by atoms with Gasteiger partial charge in [-0.25, -0.2) is 0 Å². The summed E-state index contributed by atoms with van der Waals surface area (Å²) in [6, 6.07) is 0. The van der Waals surface area contributed by atoms with Crippen LogP contribution in [0.15, 0.2) is 0 Å². The van der Waals surface area contributed by atoms with Gasteiger partial charge in [-0.05, 0) is 19.8 Å². The molecule has 5 nitrogen and oxygen atoms in total. The summed E-state index contributed by atoms with van der Waals surface area (Å²) in [7, 11) is 0. The van der Waals surface area contributed by atoms with Crippen LogP contribution in [0.5, 0.6) is 0 Å². The number of ether oxygens (including phenoxy) is 1. The van der Waals surface area contributed by atoms with Crippen molar-refractivity contribution in [2.24, 2.45) is 0 Å². The Morgan fingerprint density at radius 1 is 1.47 bits per heavy atom. The monoisotopic (exact) mass is 241 g/mol. The van der Waals surface area contributed by atoms with Crippen molar-refractivity contribution in [1.29, 1.82) is 0 Å². The highest BCUT2D eigenvalue weighted by atomic mass is 16.5. The quantitative estimate of drug-likeness (QED) is 0.704. The number of nitrogens with one attached hydrogen (secondary N) is 2. The largest absolute Gasteiger partial charge is 0.379 e. The van der Waals surface area contributed by atoms with Crippen molar-refractivity contribution in [3.8, 4) is 0 Å². The Morgan fingerprint density at radius 3 is 2.88 bits per heavy atom. The minimum absolute atomic E-state index is 0.125. The van der Waals surface area contributed by atoms with E-state index in [4.69, 9.17) is 4.74 Å². The first-order chi connectivity index (χ1) is 8.18. The highest BCUT2D eigenvalue weighted by Crippen LogP contribution is 2.18. The molecule has 2 aliphatic heterocycles. The summed E-state index contributed by atoms with van der Waals surface area (Å²) < 4.78 is 5.44. The molecule has 2 saturated heterocycles. The number of nitrogens with zero attached hydrogens (tertiary/aromatic N) is 1. The van der Waals surface area contributed by atoms with E-state index in [-0.39, 0.29) is 11.4 Å². The minimum atomic E-state index is -0.163. The van der Waals surface area contributed by atoms with Gasteiger partial charge in [-0.3, -0.25) is 9.69 Å². The van der Waals surface area contributed by atoms with Gasteiger partial charge in [0.1, 0.15) is 0 Å². The predicted molar refractivity (Wildman–Crippen MR) is 65.9 cm³/mol. The van der Waals surface area contributed by atoms with Crippen molar-refractivity contribution in [1.82, 2.24) is 15.5 Å². The zero-order chi connectivity index (χ0) is 12.1. The van der Waals surface area contributed by atoms with Gasteiger partial charge >= 0.3 is 0 Å². The number of piperazine rings is 1. The standard InChI is InChI=1S/C12H23N3O2/c1-12(3-2-8-17-10-12)14-11(16)9-15-6-4-13-5-7-15/h13H,2-10H2,1H3,(H,14,16). The summed E-state index contributed by atoms with van der Waals surface area (Å²) >= 11 is 0. The van der Waals surface area contributed by atoms with Gasteiger partial charge in [-0.1, -0.05) is 0 Å². The highest BCUT2D eigenvalue weighted by molar-refractivity contribution is 5.78.